The fourth-order valence-electron chi connectivity index (χ4n) is 3.15. The maximum absolute atomic E-state index is 13.1. The van der Waals surface area contributed by atoms with Gasteiger partial charge in [0, 0.05) is 13.3 Å². The highest BCUT2D eigenvalue weighted by molar-refractivity contribution is 5.89. The molecular weight excluding hydrogens is 387 g/mol. The van der Waals surface area contributed by atoms with Crippen molar-refractivity contribution in [3.63, 3.8) is 0 Å². The second kappa shape index (κ2) is 7.49. The van der Waals surface area contributed by atoms with Crippen molar-refractivity contribution >= 4 is 11.7 Å². The van der Waals surface area contributed by atoms with Gasteiger partial charge in [-0.15, -0.1) is 0 Å². The summed E-state index contributed by atoms with van der Waals surface area (Å²) in [4.78, 5) is 25.9. The van der Waals surface area contributed by atoms with E-state index in [-0.39, 0.29) is 19.7 Å². The van der Waals surface area contributed by atoms with Crippen molar-refractivity contribution in [2.45, 2.75) is 32.5 Å². The summed E-state index contributed by atoms with van der Waals surface area (Å²) in [7, 11) is 0. The number of pyridine rings is 1. The summed E-state index contributed by atoms with van der Waals surface area (Å²) >= 11 is 0. The number of nitrogens with zero attached hydrogens (tertiary/aromatic N) is 6. The Morgan fingerprint density at radius 3 is 2.76 bits per heavy atom. The van der Waals surface area contributed by atoms with Crippen molar-refractivity contribution in [1.82, 2.24) is 29.6 Å². The topological polar surface area (TPSA) is 88.8 Å². The lowest BCUT2D eigenvalue weighted by molar-refractivity contribution is 0.146. The molecule has 0 saturated carbocycles. The van der Waals surface area contributed by atoms with Gasteiger partial charge in [0.15, 0.2) is 11.6 Å². The van der Waals surface area contributed by atoms with E-state index < -0.39 is 24.0 Å². The molecule has 1 N–H and O–H groups in total. The van der Waals surface area contributed by atoms with Crippen molar-refractivity contribution in [2.75, 3.05) is 5.32 Å². The minimum absolute atomic E-state index is 0. The van der Waals surface area contributed by atoms with Gasteiger partial charge in [-0.3, -0.25) is 9.67 Å². The van der Waals surface area contributed by atoms with E-state index in [1.807, 2.05) is 6.92 Å². The number of amides is 2. The Balaban J connectivity index is 0.00000256. The number of anilines is 1. The first-order valence-electron chi connectivity index (χ1n) is 8.76. The van der Waals surface area contributed by atoms with Crippen LogP contribution in [-0.4, -0.2) is 41.7 Å². The number of hydrogen-bond donors (Lipinski definition) is 1. The van der Waals surface area contributed by atoms with E-state index in [2.05, 4.69) is 25.4 Å². The maximum Gasteiger partial charge on any atom is 0.322 e. The molecule has 0 saturated heterocycles. The van der Waals surface area contributed by atoms with Gasteiger partial charge in [-0.2, -0.15) is 5.10 Å². The third-order valence-electron chi connectivity index (χ3n) is 4.62. The molecule has 0 spiro atoms. The van der Waals surface area contributed by atoms with Gasteiger partial charge in [0.05, 0.1) is 49.0 Å². The molecule has 1 aliphatic rings. The van der Waals surface area contributed by atoms with E-state index in [1.165, 1.54) is 12.3 Å². The third kappa shape index (κ3) is 3.75. The van der Waals surface area contributed by atoms with Gasteiger partial charge in [0.1, 0.15) is 5.69 Å². The molecule has 1 aliphatic heterocycles. The molecule has 4 heterocycles. The van der Waals surface area contributed by atoms with Gasteiger partial charge in [0.25, 0.3) is 6.43 Å². The van der Waals surface area contributed by atoms with E-state index >= 15 is 0 Å². The predicted octanol–water partition coefficient (Wildman–Crippen LogP) is 3.49. The average molecular weight is 405 g/mol. The molecule has 2 amide bonds. The smallest absolute Gasteiger partial charge is 0.314 e. The Labute approximate surface area is 164 Å². The molecule has 4 rings (SSSR count). The number of carbonyl (C=O) groups excluding carboxylic acids is 1. The molecule has 0 aromatic carbocycles. The lowest BCUT2D eigenvalue weighted by Gasteiger charge is -2.34. The molecule has 29 heavy (non-hydrogen) atoms. The molecule has 0 aliphatic carbocycles. The largest absolute Gasteiger partial charge is 0.322 e. The summed E-state index contributed by atoms with van der Waals surface area (Å²) in [6, 6.07) is 1.95. The molecule has 0 fully saturated rings. The first-order valence-corrected chi connectivity index (χ1v) is 8.76. The molecule has 0 radical (unpaired) electrons. The molecule has 3 aromatic rings. The van der Waals surface area contributed by atoms with Gasteiger partial charge in [-0.05, 0) is 19.1 Å². The van der Waals surface area contributed by atoms with E-state index in [1.54, 1.807) is 15.8 Å². The molecule has 152 valence electrons. The summed E-state index contributed by atoms with van der Waals surface area (Å²) in [5.41, 5.74) is 1.11. The fraction of sp³-hybridized carbons (Fsp3) is 0.278. The maximum atomic E-state index is 13.1. The number of fused-ring (bicyclic) bond motifs is 1. The van der Waals surface area contributed by atoms with E-state index in [0.717, 1.165) is 18.5 Å². The predicted molar refractivity (Wildman–Crippen MR) is 98.5 cm³/mol. The van der Waals surface area contributed by atoms with Crippen LogP contribution in [0.3, 0.4) is 0 Å². The normalized spacial score (nSPS) is 16.0. The molecule has 1 atom stereocenters. The quantitative estimate of drug-likeness (QED) is 0.721. The monoisotopic (exact) mass is 405 g/mol. The fourth-order valence-corrected chi connectivity index (χ4v) is 3.15. The second-order valence-electron chi connectivity index (χ2n) is 6.59. The van der Waals surface area contributed by atoms with Gasteiger partial charge in [-0.1, -0.05) is 0 Å². The number of nitrogens with one attached hydrogen (secondary N) is 1. The van der Waals surface area contributed by atoms with Gasteiger partial charge < -0.3 is 10.2 Å². The van der Waals surface area contributed by atoms with Crippen molar-refractivity contribution in [3.8, 4) is 11.4 Å². The van der Waals surface area contributed by atoms with Crippen molar-refractivity contribution < 1.29 is 19.4 Å². The van der Waals surface area contributed by atoms with Crippen molar-refractivity contribution in [1.29, 1.82) is 0 Å². The van der Waals surface area contributed by atoms with Crippen LogP contribution in [0.2, 0.25) is 0 Å². The van der Waals surface area contributed by atoms with Crippen LogP contribution in [0.1, 0.15) is 26.2 Å². The first kappa shape index (κ1) is 18.8. The van der Waals surface area contributed by atoms with Crippen LogP contribution >= 0.6 is 0 Å². The number of halogens is 3. The highest BCUT2D eigenvalue weighted by atomic mass is 19.3. The highest BCUT2D eigenvalue weighted by Crippen LogP contribution is 2.27. The van der Waals surface area contributed by atoms with Crippen LogP contribution in [0.25, 0.3) is 11.4 Å². The lowest BCUT2D eigenvalue weighted by Crippen LogP contribution is -2.47. The second-order valence-corrected chi connectivity index (χ2v) is 6.59. The SMILES string of the molecule is C[C@H]1Cn2ncc(-c3ncc(F)cn3)c2CN1C(=O)Nc1ccnc(C(F)F)c1.[HH]. The Bertz CT molecular complexity index is 1040. The lowest BCUT2D eigenvalue weighted by atomic mass is 10.1. The van der Waals surface area contributed by atoms with Crippen LogP contribution in [0, 0.1) is 5.82 Å². The summed E-state index contributed by atoms with van der Waals surface area (Å²) in [5, 5.41) is 6.94. The first-order chi connectivity index (χ1) is 13.9. The number of rotatable bonds is 3. The standard InChI is InChI=1S/C18H16F3N7O.H2/c1-10-8-28-15(13(7-25-28)17-23-5-11(19)6-24-17)9-27(10)18(29)26-12-2-3-22-14(4-12)16(20)21;/h2-7,10,16H,8-9H2,1H3,(H,22,26,29);1H/t10-;/m0./s1. The Hall–Kier alpha value is -3.50. The average Bonchev–Trinajstić information content (AvgIpc) is 3.10. The number of carbonyl (C=O) groups is 1. The Morgan fingerprint density at radius 1 is 1.28 bits per heavy atom. The summed E-state index contributed by atoms with van der Waals surface area (Å²) in [6.45, 7) is 2.49. The molecule has 8 nitrogen and oxygen atoms in total. The molecule has 11 heteroatoms. The Morgan fingerprint density at radius 2 is 2.03 bits per heavy atom. The number of alkyl halides is 2. The van der Waals surface area contributed by atoms with Gasteiger partial charge in [-0.25, -0.2) is 27.9 Å². The van der Waals surface area contributed by atoms with Crippen molar-refractivity contribution in [2.24, 2.45) is 0 Å². The number of aromatic nitrogens is 5. The Kier molecular flexibility index (Phi) is 4.87. The van der Waals surface area contributed by atoms with E-state index in [4.69, 9.17) is 0 Å². The number of urea groups is 1. The number of hydrogen-bond acceptors (Lipinski definition) is 5. The molecule has 3 aromatic heterocycles. The van der Waals surface area contributed by atoms with Crippen LogP contribution in [0.4, 0.5) is 23.7 Å². The van der Waals surface area contributed by atoms with Crippen LogP contribution in [0.5, 0.6) is 0 Å². The highest BCUT2D eigenvalue weighted by Gasteiger charge is 2.30. The van der Waals surface area contributed by atoms with Gasteiger partial charge >= 0.3 is 6.03 Å². The molecule has 0 bridgehead atoms. The van der Waals surface area contributed by atoms with E-state index in [9.17, 15) is 18.0 Å². The summed E-state index contributed by atoms with van der Waals surface area (Å²) in [5.74, 6) is -0.247. The van der Waals surface area contributed by atoms with Crippen LogP contribution in [-0.2, 0) is 13.1 Å². The summed E-state index contributed by atoms with van der Waals surface area (Å²) < 4.78 is 40.5. The molecular formula is C18H18F3N7O. The van der Waals surface area contributed by atoms with Crippen LogP contribution in [0.15, 0.2) is 36.9 Å². The van der Waals surface area contributed by atoms with Crippen molar-refractivity contribution in [3.05, 3.63) is 54.1 Å². The summed E-state index contributed by atoms with van der Waals surface area (Å²) in [6.07, 6.45) is 2.19. The van der Waals surface area contributed by atoms with E-state index in [0.29, 0.717) is 23.6 Å². The minimum Gasteiger partial charge on any atom is -0.314 e. The van der Waals surface area contributed by atoms with Gasteiger partial charge in [0.2, 0.25) is 0 Å². The zero-order chi connectivity index (χ0) is 20.5. The zero-order valence-electron chi connectivity index (χ0n) is 15.3. The van der Waals surface area contributed by atoms with Crippen LogP contribution < -0.4 is 5.32 Å². The minimum atomic E-state index is -2.73. The molecule has 0 unspecified atom stereocenters. The zero-order valence-corrected chi connectivity index (χ0v) is 15.3. The third-order valence-corrected chi connectivity index (χ3v) is 4.62.